The summed E-state index contributed by atoms with van der Waals surface area (Å²) >= 11 is 0. The van der Waals surface area contributed by atoms with Gasteiger partial charge >= 0.3 is 0 Å². The SMILES string of the molecule is CC(N)C1CN(CC(=O)N2CCN(C)CC2)CCO1. The van der Waals surface area contributed by atoms with Gasteiger partial charge in [-0.15, -0.1) is 0 Å². The molecule has 0 aromatic heterocycles. The Morgan fingerprint density at radius 2 is 2.00 bits per heavy atom. The Morgan fingerprint density at radius 3 is 2.63 bits per heavy atom. The Bertz CT molecular complexity index is 303. The molecule has 2 N–H and O–H groups in total. The van der Waals surface area contributed by atoms with Gasteiger partial charge in [0.2, 0.25) is 5.91 Å². The minimum Gasteiger partial charge on any atom is -0.374 e. The summed E-state index contributed by atoms with van der Waals surface area (Å²) in [6.07, 6.45) is 0.0500. The Hall–Kier alpha value is -0.690. The molecule has 2 unspecified atom stereocenters. The first kappa shape index (κ1) is 14.7. The second-order valence-corrected chi connectivity index (χ2v) is 5.69. The summed E-state index contributed by atoms with van der Waals surface area (Å²) in [6.45, 7) is 8.33. The topological polar surface area (TPSA) is 62.0 Å². The van der Waals surface area contributed by atoms with Crippen LogP contribution in [0.4, 0.5) is 0 Å². The highest BCUT2D eigenvalue weighted by Gasteiger charge is 2.27. The molecule has 0 bridgehead atoms. The molecule has 2 atom stereocenters. The Balaban J connectivity index is 1.78. The van der Waals surface area contributed by atoms with Crippen LogP contribution in [0.3, 0.4) is 0 Å². The second kappa shape index (κ2) is 6.65. The number of carbonyl (C=O) groups excluding carboxylic acids is 1. The molecular weight excluding hydrogens is 244 g/mol. The number of nitrogens with zero attached hydrogens (tertiary/aromatic N) is 3. The first-order chi connectivity index (χ1) is 9.06. The van der Waals surface area contributed by atoms with Gasteiger partial charge < -0.3 is 20.3 Å². The molecule has 0 radical (unpaired) electrons. The minimum atomic E-state index is 0.0153. The Kier molecular flexibility index (Phi) is 5.15. The van der Waals surface area contributed by atoms with E-state index in [9.17, 15) is 4.79 Å². The quantitative estimate of drug-likeness (QED) is 0.699. The molecule has 6 nitrogen and oxygen atoms in total. The fourth-order valence-corrected chi connectivity index (χ4v) is 2.54. The monoisotopic (exact) mass is 270 g/mol. The molecule has 2 heterocycles. The summed E-state index contributed by atoms with van der Waals surface area (Å²) in [4.78, 5) is 18.6. The molecule has 0 spiro atoms. The maximum absolute atomic E-state index is 12.2. The third kappa shape index (κ3) is 4.14. The lowest BCUT2D eigenvalue weighted by molar-refractivity contribution is -0.136. The number of hydrogen-bond acceptors (Lipinski definition) is 5. The molecule has 0 saturated carbocycles. The second-order valence-electron chi connectivity index (χ2n) is 5.69. The molecule has 2 rings (SSSR count). The van der Waals surface area contributed by atoms with Crippen molar-refractivity contribution in [2.75, 3.05) is 59.5 Å². The molecule has 1 amide bonds. The van der Waals surface area contributed by atoms with Crippen molar-refractivity contribution in [1.82, 2.24) is 14.7 Å². The fraction of sp³-hybridized carbons (Fsp3) is 0.923. The van der Waals surface area contributed by atoms with Crippen LogP contribution in [0.1, 0.15) is 6.92 Å². The maximum Gasteiger partial charge on any atom is 0.236 e. The summed E-state index contributed by atoms with van der Waals surface area (Å²) in [5.74, 6) is 0.235. The third-order valence-electron chi connectivity index (χ3n) is 3.98. The van der Waals surface area contributed by atoms with Crippen LogP contribution < -0.4 is 5.73 Å². The number of morpholine rings is 1. The van der Waals surface area contributed by atoms with E-state index in [-0.39, 0.29) is 18.1 Å². The van der Waals surface area contributed by atoms with Gasteiger partial charge in [0, 0.05) is 45.3 Å². The van der Waals surface area contributed by atoms with E-state index in [1.807, 2.05) is 11.8 Å². The summed E-state index contributed by atoms with van der Waals surface area (Å²) in [5, 5.41) is 0. The van der Waals surface area contributed by atoms with Crippen LogP contribution in [0.2, 0.25) is 0 Å². The predicted molar refractivity (Wildman–Crippen MR) is 73.9 cm³/mol. The van der Waals surface area contributed by atoms with E-state index in [2.05, 4.69) is 16.8 Å². The molecule has 0 aliphatic carbocycles. The molecule has 110 valence electrons. The number of carbonyl (C=O) groups is 1. The maximum atomic E-state index is 12.2. The molecule has 2 fully saturated rings. The third-order valence-corrected chi connectivity index (χ3v) is 3.98. The number of ether oxygens (including phenoxy) is 1. The average Bonchev–Trinajstić information content (AvgIpc) is 2.39. The standard InChI is InChI=1S/C13H26N4O2/c1-11(14)12-9-16(7-8-19-12)10-13(18)17-5-3-15(2)4-6-17/h11-12H,3-10,14H2,1-2H3. The first-order valence-corrected chi connectivity index (χ1v) is 7.12. The number of rotatable bonds is 3. The molecule has 6 heteroatoms. The highest BCUT2D eigenvalue weighted by molar-refractivity contribution is 5.78. The van der Waals surface area contributed by atoms with Gasteiger partial charge in [-0.25, -0.2) is 0 Å². The van der Waals surface area contributed by atoms with Crippen LogP contribution in [0, 0.1) is 0 Å². The molecule has 0 aromatic rings. The van der Waals surface area contributed by atoms with Crippen LogP contribution in [0.25, 0.3) is 0 Å². The van der Waals surface area contributed by atoms with Gasteiger partial charge in [-0.05, 0) is 14.0 Å². The van der Waals surface area contributed by atoms with Crippen molar-refractivity contribution in [3.8, 4) is 0 Å². The van der Waals surface area contributed by atoms with Crippen molar-refractivity contribution >= 4 is 5.91 Å². The lowest BCUT2D eigenvalue weighted by Crippen LogP contribution is -2.54. The van der Waals surface area contributed by atoms with E-state index in [0.29, 0.717) is 13.2 Å². The minimum absolute atomic E-state index is 0.0153. The van der Waals surface area contributed by atoms with Crippen LogP contribution >= 0.6 is 0 Å². The van der Waals surface area contributed by atoms with E-state index < -0.39 is 0 Å². The zero-order valence-corrected chi connectivity index (χ0v) is 12.0. The molecule has 2 saturated heterocycles. The van der Waals surface area contributed by atoms with Crippen molar-refractivity contribution in [2.24, 2.45) is 5.73 Å². The predicted octanol–water partition coefficient (Wildman–Crippen LogP) is -1.19. The smallest absolute Gasteiger partial charge is 0.236 e. The molecule has 19 heavy (non-hydrogen) atoms. The van der Waals surface area contributed by atoms with Gasteiger partial charge in [-0.2, -0.15) is 0 Å². The highest BCUT2D eigenvalue weighted by Crippen LogP contribution is 2.09. The van der Waals surface area contributed by atoms with Gasteiger partial charge in [0.25, 0.3) is 0 Å². The average molecular weight is 270 g/mol. The van der Waals surface area contributed by atoms with E-state index >= 15 is 0 Å². The van der Waals surface area contributed by atoms with E-state index in [0.717, 1.165) is 39.3 Å². The number of hydrogen-bond donors (Lipinski definition) is 1. The van der Waals surface area contributed by atoms with Crippen molar-refractivity contribution in [1.29, 1.82) is 0 Å². The Morgan fingerprint density at radius 1 is 1.32 bits per heavy atom. The lowest BCUT2D eigenvalue weighted by atomic mass is 10.1. The molecule has 2 aliphatic rings. The zero-order valence-electron chi connectivity index (χ0n) is 12.0. The molecular formula is C13H26N4O2. The number of likely N-dealkylation sites (N-methyl/N-ethyl adjacent to an activating group) is 1. The van der Waals surface area contributed by atoms with E-state index in [1.54, 1.807) is 0 Å². The van der Waals surface area contributed by atoms with Crippen LogP contribution in [0.5, 0.6) is 0 Å². The van der Waals surface area contributed by atoms with Crippen molar-refractivity contribution < 1.29 is 9.53 Å². The van der Waals surface area contributed by atoms with Gasteiger partial charge in [-0.1, -0.05) is 0 Å². The summed E-state index contributed by atoms with van der Waals surface area (Å²) in [5.41, 5.74) is 5.87. The summed E-state index contributed by atoms with van der Waals surface area (Å²) in [6, 6.07) is 0.0153. The summed E-state index contributed by atoms with van der Waals surface area (Å²) < 4.78 is 5.61. The first-order valence-electron chi connectivity index (χ1n) is 7.12. The van der Waals surface area contributed by atoms with Crippen molar-refractivity contribution in [3.05, 3.63) is 0 Å². The molecule has 2 aliphatic heterocycles. The summed E-state index contributed by atoms with van der Waals surface area (Å²) in [7, 11) is 2.09. The largest absolute Gasteiger partial charge is 0.374 e. The van der Waals surface area contributed by atoms with Crippen LogP contribution in [-0.4, -0.2) is 92.2 Å². The van der Waals surface area contributed by atoms with Crippen molar-refractivity contribution in [3.63, 3.8) is 0 Å². The van der Waals surface area contributed by atoms with Crippen LogP contribution in [-0.2, 0) is 9.53 Å². The van der Waals surface area contributed by atoms with Gasteiger partial charge in [0.05, 0.1) is 19.3 Å². The number of piperazine rings is 1. The molecule has 0 aromatic carbocycles. The highest BCUT2D eigenvalue weighted by atomic mass is 16.5. The van der Waals surface area contributed by atoms with Crippen molar-refractivity contribution in [2.45, 2.75) is 19.1 Å². The fourth-order valence-electron chi connectivity index (χ4n) is 2.54. The lowest BCUT2D eigenvalue weighted by Gasteiger charge is -2.37. The number of nitrogens with two attached hydrogens (primary N) is 1. The normalized spacial score (nSPS) is 28.4. The van der Waals surface area contributed by atoms with Crippen LogP contribution in [0.15, 0.2) is 0 Å². The van der Waals surface area contributed by atoms with Gasteiger partial charge in [0.1, 0.15) is 0 Å². The Labute approximate surface area is 115 Å². The van der Waals surface area contributed by atoms with Gasteiger partial charge in [0.15, 0.2) is 0 Å². The zero-order chi connectivity index (χ0) is 13.8. The van der Waals surface area contributed by atoms with E-state index in [4.69, 9.17) is 10.5 Å². The van der Waals surface area contributed by atoms with E-state index in [1.165, 1.54) is 0 Å². The van der Waals surface area contributed by atoms with Gasteiger partial charge in [-0.3, -0.25) is 9.69 Å². The number of amides is 1.